The summed E-state index contributed by atoms with van der Waals surface area (Å²) in [5.41, 5.74) is -0.224. The Morgan fingerprint density at radius 2 is 1.52 bits per heavy atom. The largest absolute Gasteiger partial charge is 0.493 e. The average molecular weight is 395 g/mol. The first-order chi connectivity index (χ1) is 12.7. The number of benzene rings is 2. The second-order valence-corrected chi connectivity index (χ2v) is 6.86. The van der Waals surface area contributed by atoms with E-state index >= 15 is 0 Å². The zero-order valence-electron chi connectivity index (χ0n) is 14.7. The lowest BCUT2D eigenvalue weighted by Crippen LogP contribution is -2.16. The minimum Gasteiger partial charge on any atom is -0.493 e. The number of carbonyl (C=O) groups excluding carboxylic acids is 1. The van der Waals surface area contributed by atoms with Crippen LogP contribution in [0, 0.1) is 0 Å². The molecule has 0 saturated heterocycles. The van der Waals surface area contributed by atoms with E-state index in [2.05, 4.69) is 9.46 Å². The first kappa shape index (κ1) is 20.0. The van der Waals surface area contributed by atoms with E-state index in [-0.39, 0.29) is 33.2 Å². The third-order valence-corrected chi connectivity index (χ3v) is 4.97. The molecule has 0 unspecified atom stereocenters. The van der Waals surface area contributed by atoms with Crippen molar-refractivity contribution in [1.29, 1.82) is 0 Å². The summed E-state index contributed by atoms with van der Waals surface area (Å²) >= 11 is 0. The van der Waals surface area contributed by atoms with E-state index in [1.54, 1.807) is 0 Å². The molecule has 0 aliphatic carbocycles. The molecule has 2 aromatic carbocycles. The molecule has 0 radical (unpaired) electrons. The summed E-state index contributed by atoms with van der Waals surface area (Å²) in [6.45, 7) is 0. The van der Waals surface area contributed by atoms with Gasteiger partial charge in [-0.1, -0.05) is 0 Å². The average Bonchev–Trinajstić information content (AvgIpc) is 2.66. The molecule has 0 fully saturated rings. The Kier molecular flexibility index (Phi) is 5.91. The smallest absolute Gasteiger partial charge is 0.340 e. The Hall–Kier alpha value is -3.27. The van der Waals surface area contributed by atoms with E-state index in [9.17, 15) is 18.0 Å². The number of hydrogen-bond acceptors (Lipinski definition) is 7. The van der Waals surface area contributed by atoms with Crippen molar-refractivity contribution in [2.45, 2.75) is 4.90 Å². The third-order valence-electron chi connectivity index (χ3n) is 3.58. The number of rotatable bonds is 7. The second kappa shape index (κ2) is 7.96. The van der Waals surface area contributed by atoms with Crippen LogP contribution in [0.15, 0.2) is 41.3 Å². The second-order valence-electron chi connectivity index (χ2n) is 5.18. The SMILES string of the molecule is COC(=O)c1cc(OC)c(OC)cc1NS(=O)(=O)c1ccc(C(=O)O)cc1. The highest BCUT2D eigenvalue weighted by Gasteiger charge is 2.22. The minimum atomic E-state index is -4.11. The molecule has 0 aliphatic rings. The van der Waals surface area contributed by atoms with Crippen LogP contribution in [-0.2, 0) is 14.8 Å². The number of anilines is 1. The molecule has 0 aromatic heterocycles. The predicted molar refractivity (Wildman–Crippen MR) is 95.1 cm³/mol. The first-order valence-electron chi connectivity index (χ1n) is 7.44. The van der Waals surface area contributed by atoms with Crippen molar-refractivity contribution in [2.24, 2.45) is 0 Å². The Morgan fingerprint density at radius 1 is 0.963 bits per heavy atom. The highest BCUT2D eigenvalue weighted by Crippen LogP contribution is 2.34. The van der Waals surface area contributed by atoms with Gasteiger partial charge in [-0.25, -0.2) is 18.0 Å². The third kappa shape index (κ3) is 4.29. The van der Waals surface area contributed by atoms with Gasteiger partial charge in [-0.3, -0.25) is 4.72 Å². The molecule has 0 heterocycles. The summed E-state index contributed by atoms with van der Waals surface area (Å²) in [6, 6.07) is 7.18. The van der Waals surface area contributed by atoms with Gasteiger partial charge >= 0.3 is 11.9 Å². The molecule has 9 nitrogen and oxygen atoms in total. The quantitative estimate of drug-likeness (QED) is 0.681. The zero-order valence-corrected chi connectivity index (χ0v) is 15.5. The maximum Gasteiger partial charge on any atom is 0.340 e. The Labute approximate surface area is 155 Å². The summed E-state index contributed by atoms with van der Waals surface area (Å²) < 4.78 is 42.4. The Morgan fingerprint density at radius 3 is 2.00 bits per heavy atom. The van der Waals surface area contributed by atoms with Crippen LogP contribution in [0.1, 0.15) is 20.7 Å². The highest BCUT2D eigenvalue weighted by atomic mass is 32.2. The summed E-state index contributed by atoms with van der Waals surface area (Å²) in [5, 5.41) is 8.90. The van der Waals surface area contributed by atoms with Crippen LogP contribution in [0.5, 0.6) is 11.5 Å². The molecule has 0 saturated carbocycles. The van der Waals surface area contributed by atoms with E-state index in [4.69, 9.17) is 14.6 Å². The molecular formula is C17H17NO8S. The molecule has 0 atom stereocenters. The van der Waals surface area contributed by atoms with Crippen LogP contribution in [-0.4, -0.2) is 46.8 Å². The number of esters is 1. The molecule has 0 spiro atoms. The maximum atomic E-state index is 12.6. The van der Waals surface area contributed by atoms with Crippen molar-refractivity contribution in [2.75, 3.05) is 26.1 Å². The summed E-state index contributed by atoms with van der Waals surface area (Å²) in [4.78, 5) is 22.7. The minimum absolute atomic E-state index is 0.0599. The van der Waals surface area contributed by atoms with Crippen molar-refractivity contribution in [3.8, 4) is 11.5 Å². The van der Waals surface area contributed by atoms with Crippen molar-refractivity contribution >= 4 is 27.6 Å². The number of aromatic carboxylic acids is 1. The van der Waals surface area contributed by atoms with Gasteiger partial charge in [0, 0.05) is 12.1 Å². The molecule has 2 aromatic rings. The van der Waals surface area contributed by atoms with Gasteiger partial charge in [0.05, 0.1) is 43.0 Å². The van der Waals surface area contributed by atoms with Crippen LogP contribution in [0.2, 0.25) is 0 Å². The molecule has 2 N–H and O–H groups in total. The summed E-state index contributed by atoms with van der Waals surface area (Å²) in [7, 11) is -0.229. The lowest BCUT2D eigenvalue weighted by Gasteiger charge is -2.15. The number of ether oxygens (including phenoxy) is 3. The number of methoxy groups -OCH3 is 3. The Balaban J connectivity index is 2.50. The normalized spacial score (nSPS) is 10.8. The van der Waals surface area contributed by atoms with Crippen LogP contribution in [0.3, 0.4) is 0 Å². The molecule has 2 rings (SSSR count). The van der Waals surface area contributed by atoms with Gasteiger partial charge in [0.2, 0.25) is 0 Å². The maximum absolute atomic E-state index is 12.6. The molecule has 0 bridgehead atoms. The molecule has 0 aliphatic heterocycles. The summed E-state index contributed by atoms with van der Waals surface area (Å²) in [6.07, 6.45) is 0. The highest BCUT2D eigenvalue weighted by molar-refractivity contribution is 7.92. The zero-order chi connectivity index (χ0) is 20.2. The molecular weight excluding hydrogens is 378 g/mol. The van der Waals surface area contributed by atoms with E-state index in [0.717, 1.165) is 31.4 Å². The lowest BCUT2D eigenvalue weighted by atomic mass is 10.1. The number of carboxylic acid groups (broad SMARTS) is 1. The van der Waals surface area contributed by atoms with E-state index in [1.165, 1.54) is 26.4 Å². The fraction of sp³-hybridized carbons (Fsp3) is 0.176. The number of carbonyl (C=O) groups is 2. The van der Waals surface area contributed by atoms with Crippen molar-refractivity contribution in [1.82, 2.24) is 0 Å². The van der Waals surface area contributed by atoms with Crippen molar-refractivity contribution < 1.29 is 37.3 Å². The number of nitrogens with one attached hydrogen (secondary N) is 1. The molecule has 0 amide bonds. The topological polar surface area (TPSA) is 128 Å². The first-order valence-corrected chi connectivity index (χ1v) is 8.92. The van der Waals surface area contributed by atoms with Crippen LogP contribution < -0.4 is 14.2 Å². The standard InChI is InChI=1S/C17H17NO8S/c1-24-14-8-12(17(21)26-3)13(9-15(14)25-2)18-27(22,23)11-6-4-10(5-7-11)16(19)20/h4-9,18H,1-3H3,(H,19,20). The molecule has 10 heteroatoms. The molecule has 144 valence electrons. The Bertz CT molecular complexity index is 967. The van der Waals surface area contributed by atoms with Gasteiger partial charge in [-0.05, 0) is 24.3 Å². The number of hydrogen-bond donors (Lipinski definition) is 2. The summed E-state index contributed by atoms with van der Waals surface area (Å²) in [5.74, 6) is -1.55. The van der Waals surface area contributed by atoms with Gasteiger partial charge in [-0.2, -0.15) is 0 Å². The number of sulfonamides is 1. The van der Waals surface area contributed by atoms with Crippen molar-refractivity contribution in [3.05, 3.63) is 47.5 Å². The molecule has 27 heavy (non-hydrogen) atoms. The lowest BCUT2D eigenvalue weighted by molar-refractivity contribution is 0.0600. The van der Waals surface area contributed by atoms with Gasteiger partial charge in [0.1, 0.15) is 0 Å². The fourth-order valence-electron chi connectivity index (χ4n) is 2.22. The van der Waals surface area contributed by atoms with Gasteiger partial charge < -0.3 is 19.3 Å². The predicted octanol–water partition coefficient (Wildman–Crippen LogP) is 1.99. The van der Waals surface area contributed by atoms with Crippen LogP contribution in [0.25, 0.3) is 0 Å². The van der Waals surface area contributed by atoms with Crippen LogP contribution >= 0.6 is 0 Å². The van der Waals surface area contributed by atoms with Gasteiger partial charge in [0.25, 0.3) is 10.0 Å². The van der Waals surface area contributed by atoms with E-state index < -0.39 is 22.0 Å². The van der Waals surface area contributed by atoms with Crippen LogP contribution in [0.4, 0.5) is 5.69 Å². The van der Waals surface area contributed by atoms with E-state index in [1.807, 2.05) is 0 Å². The monoisotopic (exact) mass is 395 g/mol. The van der Waals surface area contributed by atoms with E-state index in [0.29, 0.717) is 0 Å². The van der Waals surface area contributed by atoms with Gasteiger partial charge in [0.15, 0.2) is 11.5 Å². The number of carboxylic acids is 1. The van der Waals surface area contributed by atoms with Gasteiger partial charge in [-0.15, -0.1) is 0 Å². The van der Waals surface area contributed by atoms with Crippen molar-refractivity contribution in [3.63, 3.8) is 0 Å². The fourth-order valence-corrected chi connectivity index (χ4v) is 3.29.